The van der Waals surface area contributed by atoms with Crippen LogP contribution < -0.4 is 9.47 Å². The van der Waals surface area contributed by atoms with Crippen LogP contribution in [0.15, 0.2) is 18.2 Å². The molecule has 14 heavy (non-hydrogen) atoms. The predicted octanol–water partition coefficient (Wildman–Crippen LogP) is 2.04. The second kappa shape index (κ2) is 2.65. The van der Waals surface area contributed by atoms with E-state index < -0.39 is 0 Å². The first-order valence-corrected chi connectivity index (χ1v) is 4.67. The van der Waals surface area contributed by atoms with Crippen LogP contribution >= 0.6 is 0 Å². The zero-order valence-electron chi connectivity index (χ0n) is 7.56. The first-order valence-electron chi connectivity index (χ1n) is 4.67. The maximum absolute atomic E-state index is 8.73. The third-order valence-corrected chi connectivity index (χ3v) is 2.78. The van der Waals surface area contributed by atoms with Crippen molar-refractivity contribution in [1.29, 1.82) is 5.26 Å². The average Bonchev–Trinajstić information content (AvgIpc) is 2.87. The van der Waals surface area contributed by atoms with Crippen LogP contribution in [0.25, 0.3) is 0 Å². The Balaban J connectivity index is 1.91. The molecule has 1 fully saturated rings. The first-order chi connectivity index (χ1) is 6.88. The van der Waals surface area contributed by atoms with Gasteiger partial charge in [0.05, 0.1) is 12.0 Å². The quantitative estimate of drug-likeness (QED) is 0.675. The van der Waals surface area contributed by atoms with Crippen LogP contribution in [-0.4, -0.2) is 6.79 Å². The highest BCUT2D eigenvalue weighted by atomic mass is 16.7. The van der Waals surface area contributed by atoms with Gasteiger partial charge in [0.1, 0.15) is 0 Å². The van der Waals surface area contributed by atoms with Gasteiger partial charge in [0.2, 0.25) is 6.79 Å². The molecule has 0 aromatic heterocycles. The fourth-order valence-corrected chi connectivity index (χ4v) is 1.85. The van der Waals surface area contributed by atoms with E-state index in [9.17, 15) is 0 Å². The van der Waals surface area contributed by atoms with E-state index >= 15 is 0 Å². The summed E-state index contributed by atoms with van der Waals surface area (Å²) in [7, 11) is 0. The van der Waals surface area contributed by atoms with E-state index in [1.165, 1.54) is 5.56 Å². The van der Waals surface area contributed by atoms with Crippen LogP contribution in [0.1, 0.15) is 17.9 Å². The second-order valence-electron chi connectivity index (χ2n) is 3.69. The van der Waals surface area contributed by atoms with E-state index in [1.807, 2.05) is 18.2 Å². The predicted molar refractivity (Wildman–Crippen MR) is 49.0 cm³/mol. The Labute approximate surface area is 81.9 Å². The highest BCUT2D eigenvalue weighted by Crippen LogP contribution is 2.48. The van der Waals surface area contributed by atoms with E-state index in [2.05, 4.69) is 6.07 Å². The fraction of sp³-hybridized carbons (Fsp3) is 0.364. The molecule has 2 atom stereocenters. The zero-order valence-corrected chi connectivity index (χ0v) is 7.56. The average molecular weight is 187 g/mol. The minimum absolute atomic E-state index is 0.204. The van der Waals surface area contributed by atoms with Gasteiger partial charge in [-0.3, -0.25) is 0 Å². The van der Waals surface area contributed by atoms with Crippen molar-refractivity contribution in [1.82, 2.24) is 0 Å². The third kappa shape index (κ3) is 1.04. The number of nitrogens with zero attached hydrogens (tertiary/aromatic N) is 1. The standard InChI is InChI=1S/C11H9NO2/c12-5-8-3-9(8)7-1-2-10-11(4-7)14-6-13-10/h1-2,4,8-9H,3,6H2. The van der Waals surface area contributed by atoms with Crippen molar-refractivity contribution < 1.29 is 9.47 Å². The van der Waals surface area contributed by atoms with Crippen LogP contribution in [0.5, 0.6) is 11.5 Å². The molecule has 3 heteroatoms. The van der Waals surface area contributed by atoms with E-state index in [-0.39, 0.29) is 5.92 Å². The van der Waals surface area contributed by atoms with E-state index in [1.54, 1.807) is 0 Å². The topological polar surface area (TPSA) is 42.2 Å². The largest absolute Gasteiger partial charge is 0.454 e. The van der Waals surface area contributed by atoms with Gasteiger partial charge in [-0.15, -0.1) is 0 Å². The summed E-state index contributed by atoms with van der Waals surface area (Å²) in [6.45, 7) is 0.311. The van der Waals surface area contributed by atoms with Gasteiger partial charge < -0.3 is 9.47 Å². The van der Waals surface area contributed by atoms with Crippen molar-refractivity contribution in [2.75, 3.05) is 6.79 Å². The normalized spacial score (nSPS) is 27.1. The summed E-state index contributed by atoms with van der Waals surface area (Å²) in [4.78, 5) is 0. The summed E-state index contributed by atoms with van der Waals surface area (Å²) in [5.41, 5.74) is 1.20. The van der Waals surface area contributed by atoms with Gasteiger partial charge in [-0.2, -0.15) is 5.26 Å². The molecule has 0 N–H and O–H groups in total. The SMILES string of the molecule is N#CC1CC1c1ccc2c(c1)OCO2. The number of fused-ring (bicyclic) bond motifs is 1. The minimum atomic E-state index is 0.204. The molecular weight excluding hydrogens is 178 g/mol. The molecule has 3 nitrogen and oxygen atoms in total. The van der Waals surface area contributed by atoms with Gasteiger partial charge in [-0.25, -0.2) is 0 Å². The lowest BCUT2D eigenvalue weighted by Crippen LogP contribution is -1.92. The Morgan fingerprint density at radius 2 is 2.14 bits per heavy atom. The summed E-state index contributed by atoms with van der Waals surface area (Å²) < 4.78 is 10.5. The minimum Gasteiger partial charge on any atom is -0.454 e. The number of nitriles is 1. The van der Waals surface area contributed by atoms with E-state index in [4.69, 9.17) is 14.7 Å². The molecule has 0 radical (unpaired) electrons. The Morgan fingerprint density at radius 1 is 1.29 bits per heavy atom. The lowest BCUT2D eigenvalue weighted by molar-refractivity contribution is 0.174. The lowest BCUT2D eigenvalue weighted by atomic mass is 10.1. The molecule has 1 aromatic rings. The molecule has 70 valence electrons. The third-order valence-electron chi connectivity index (χ3n) is 2.78. The number of ether oxygens (including phenoxy) is 2. The Bertz CT molecular complexity index is 422. The summed E-state index contributed by atoms with van der Waals surface area (Å²) in [5, 5.41) is 8.73. The zero-order chi connectivity index (χ0) is 9.54. The van der Waals surface area contributed by atoms with Crippen LogP contribution in [0, 0.1) is 17.2 Å². The Kier molecular flexibility index (Phi) is 1.45. The molecule has 0 saturated heterocycles. The first kappa shape index (κ1) is 7.69. The molecule has 2 aliphatic rings. The molecular formula is C11H9NO2. The van der Waals surface area contributed by atoms with Gasteiger partial charge in [0.15, 0.2) is 11.5 Å². The van der Waals surface area contributed by atoms with Crippen LogP contribution in [0.2, 0.25) is 0 Å². The van der Waals surface area contributed by atoms with Gasteiger partial charge in [0, 0.05) is 5.92 Å². The van der Waals surface area contributed by atoms with Crippen LogP contribution in [-0.2, 0) is 0 Å². The highest BCUT2D eigenvalue weighted by Gasteiger charge is 2.39. The molecule has 2 unspecified atom stereocenters. The van der Waals surface area contributed by atoms with Gasteiger partial charge in [0.25, 0.3) is 0 Å². The smallest absolute Gasteiger partial charge is 0.231 e. The molecule has 1 aliphatic heterocycles. The number of hydrogen-bond donors (Lipinski definition) is 0. The fourth-order valence-electron chi connectivity index (χ4n) is 1.85. The maximum Gasteiger partial charge on any atom is 0.231 e. The van der Waals surface area contributed by atoms with Crippen LogP contribution in [0.4, 0.5) is 0 Å². The van der Waals surface area contributed by atoms with Crippen LogP contribution in [0.3, 0.4) is 0 Å². The van der Waals surface area contributed by atoms with Crippen molar-refractivity contribution >= 4 is 0 Å². The number of rotatable bonds is 1. The second-order valence-corrected chi connectivity index (χ2v) is 3.69. The summed E-state index contributed by atoms with van der Waals surface area (Å²) >= 11 is 0. The van der Waals surface area contributed by atoms with Gasteiger partial charge >= 0.3 is 0 Å². The van der Waals surface area contributed by atoms with Crippen molar-refractivity contribution in [2.45, 2.75) is 12.3 Å². The monoisotopic (exact) mass is 187 g/mol. The molecule has 3 rings (SSSR count). The van der Waals surface area contributed by atoms with Gasteiger partial charge in [-0.1, -0.05) is 6.07 Å². The molecule has 0 spiro atoms. The molecule has 1 saturated carbocycles. The van der Waals surface area contributed by atoms with Crippen molar-refractivity contribution in [3.63, 3.8) is 0 Å². The molecule has 0 bridgehead atoms. The molecule has 1 aromatic carbocycles. The van der Waals surface area contributed by atoms with Crippen molar-refractivity contribution in [3.05, 3.63) is 23.8 Å². The molecule has 0 amide bonds. The number of hydrogen-bond acceptors (Lipinski definition) is 3. The van der Waals surface area contributed by atoms with Crippen molar-refractivity contribution in [3.8, 4) is 17.6 Å². The highest BCUT2D eigenvalue weighted by molar-refractivity contribution is 5.47. The number of benzene rings is 1. The lowest BCUT2D eigenvalue weighted by Gasteiger charge is -1.99. The summed E-state index contributed by atoms with van der Waals surface area (Å²) in [6.07, 6.45) is 0.982. The van der Waals surface area contributed by atoms with Gasteiger partial charge in [-0.05, 0) is 24.1 Å². The van der Waals surface area contributed by atoms with E-state index in [0.29, 0.717) is 12.7 Å². The Hall–Kier alpha value is -1.69. The summed E-state index contributed by atoms with van der Waals surface area (Å²) in [6, 6.07) is 8.22. The molecule has 1 aliphatic carbocycles. The Morgan fingerprint density at radius 3 is 2.93 bits per heavy atom. The maximum atomic E-state index is 8.73. The summed E-state index contributed by atoms with van der Waals surface area (Å²) in [5.74, 6) is 2.24. The molecule has 1 heterocycles. The van der Waals surface area contributed by atoms with E-state index in [0.717, 1.165) is 17.9 Å². The van der Waals surface area contributed by atoms with Crippen molar-refractivity contribution in [2.24, 2.45) is 5.92 Å².